The Kier molecular flexibility index (Phi) is 5.03. The first-order valence-electron chi connectivity index (χ1n) is 8.26. The molecule has 2 aliphatic rings. The molecule has 25 heavy (non-hydrogen) atoms. The lowest BCUT2D eigenvalue weighted by Gasteiger charge is -2.37. The van der Waals surface area contributed by atoms with Crippen molar-refractivity contribution in [2.45, 2.75) is 32.4 Å². The Hall–Kier alpha value is -2.41. The van der Waals surface area contributed by atoms with E-state index in [0.717, 1.165) is 10.5 Å². The Morgan fingerprint density at radius 1 is 1.24 bits per heavy atom. The van der Waals surface area contributed by atoms with E-state index in [0.29, 0.717) is 13.2 Å². The summed E-state index contributed by atoms with van der Waals surface area (Å²) in [6.45, 7) is 3.28. The summed E-state index contributed by atoms with van der Waals surface area (Å²) in [5.41, 5.74) is 0.622. The number of amides is 2. The Balaban J connectivity index is 1.56. The number of likely N-dealkylation sites (tertiary alicyclic amines) is 1. The van der Waals surface area contributed by atoms with Gasteiger partial charge in [0.1, 0.15) is 19.3 Å². The van der Waals surface area contributed by atoms with E-state index >= 15 is 0 Å². The van der Waals surface area contributed by atoms with Crippen LogP contribution in [-0.4, -0.2) is 48.7 Å². The summed E-state index contributed by atoms with van der Waals surface area (Å²) in [6.07, 6.45) is -0.433. The molecule has 0 bridgehead atoms. The molecular weight excluding hydrogens is 326 g/mol. The normalized spacial score (nSPS) is 21.6. The number of benzene rings is 1. The zero-order valence-corrected chi connectivity index (χ0v) is 14.1. The molecule has 0 aromatic heterocycles. The van der Waals surface area contributed by atoms with Crippen molar-refractivity contribution in [3.8, 4) is 0 Å². The molecular formula is C18H21NO6. The van der Waals surface area contributed by atoms with Gasteiger partial charge < -0.3 is 14.2 Å². The first-order chi connectivity index (χ1) is 12.0. The summed E-state index contributed by atoms with van der Waals surface area (Å²) < 4.78 is 15.6. The summed E-state index contributed by atoms with van der Waals surface area (Å²) in [5, 5.41) is 0. The first-order valence-corrected chi connectivity index (χ1v) is 8.26. The van der Waals surface area contributed by atoms with E-state index in [4.69, 9.17) is 14.2 Å². The largest absolute Gasteiger partial charge is 0.463 e. The molecule has 2 heterocycles. The molecule has 1 aromatic rings. The SMILES string of the molecule is CC1(COC(=O)[C@@H]2CCC(=O)N2C(=O)OCc2ccccc2)COC1. The molecule has 0 unspecified atom stereocenters. The lowest BCUT2D eigenvalue weighted by molar-refractivity contribution is -0.169. The molecule has 0 radical (unpaired) electrons. The van der Waals surface area contributed by atoms with Crippen LogP contribution in [0.4, 0.5) is 4.79 Å². The van der Waals surface area contributed by atoms with Gasteiger partial charge in [0.05, 0.1) is 13.2 Å². The van der Waals surface area contributed by atoms with Gasteiger partial charge in [0.15, 0.2) is 0 Å². The van der Waals surface area contributed by atoms with E-state index in [1.165, 1.54) is 0 Å². The molecule has 1 aromatic carbocycles. The number of carbonyl (C=O) groups is 3. The van der Waals surface area contributed by atoms with Crippen LogP contribution >= 0.6 is 0 Å². The van der Waals surface area contributed by atoms with Gasteiger partial charge in [-0.15, -0.1) is 0 Å². The van der Waals surface area contributed by atoms with Gasteiger partial charge in [-0.3, -0.25) is 4.79 Å². The zero-order valence-electron chi connectivity index (χ0n) is 14.1. The monoisotopic (exact) mass is 347 g/mol. The van der Waals surface area contributed by atoms with Crippen molar-refractivity contribution in [2.75, 3.05) is 19.8 Å². The molecule has 0 N–H and O–H groups in total. The lowest BCUT2D eigenvalue weighted by Crippen LogP contribution is -2.47. The standard InChI is InChI=1S/C18H21NO6/c1-18(10-23-11-18)12-25-16(21)14-7-8-15(20)19(14)17(22)24-9-13-5-3-2-4-6-13/h2-6,14H,7-12H2,1H3/t14-/m0/s1. The van der Waals surface area contributed by atoms with Crippen molar-refractivity contribution in [2.24, 2.45) is 5.41 Å². The van der Waals surface area contributed by atoms with Crippen LogP contribution in [0.1, 0.15) is 25.3 Å². The van der Waals surface area contributed by atoms with Crippen LogP contribution in [0.3, 0.4) is 0 Å². The molecule has 2 saturated heterocycles. The molecule has 0 aliphatic carbocycles. The minimum Gasteiger partial charge on any atom is -0.463 e. The summed E-state index contributed by atoms with van der Waals surface area (Å²) in [5.74, 6) is -0.992. The predicted octanol–water partition coefficient (Wildman–Crippen LogP) is 1.89. The van der Waals surface area contributed by atoms with Crippen LogP contribution in [0.5, 0.6) is 0 Å². The molecule has 2 fully saturated rings. The topological polar surface area (TPSA) is 82.1 Å². The highest BCUT2D eigenvalue weighted by atomic mass is 16.6. The second-order valence-corrected chi connectivity index (χ2v) is 6.77. The number of nitrogens with zero attached hydrogens (tertiary/aromatic N) is 1. The fourth-order valence-electron chi connectivity index (χ4n) is 2.80. The number of hydrogen-bond donors (Lipinski definition) is 0. The van der Waals surface area contributed by atoms with Gasteiger partial charge in [-0.1, -0.05) is 37.3 Å². The van der Waals surface area contributed by atoms with E-state index in [1.54, 1.807) is 0 Å². The van der Waals surface area contributed by atoms with Crippen LogP contribution < -0.4 is 0 Å². The maximum atomic E-state index is 12.3. The fourth-order valence-corrected chi connectivity index (χ4v) is 2.80. The summed E-state index contributed by atoms with van der Waals surface area (Å²) in [7, 11) is 0. The highest BCUT2D eigenvalue weighted by Gasteiger charge is 2.43. The van der Waals surface area contributed by atoms with Gasteiger partial charge in [0, 0.05) is 11.8 Å². The minimum atomic E-state index is -0.916. The lowest BCUT2D eigenvalue weighted by atomic mass is 9.90. The number of hydrogen-bond acceptors (Lipinski definition) is 6. The van der Waals surface area contributed by atoms with Gasteiger partial charge in [-0.05, 0) is 12.0 Å². The van der Waals surface area contributed by atoms with Crippen molar-refractivity contribution >= 4 is 18.0 Å². The van der Waals surface area contributed by atoms with Crippen molar-refractivity contribution in [1.82, 2.24) is 4.90 Å². The Labute approximate surface area is 145 Å². The molecule has 2 aliphatic heterocycles. The Bertz CT molecular complexity index is 655. The van der Waals surface area contributed by atoms with Gasteiger partial charge in [0.25, 0.3) is 0 Å². The van der Waals surface area contributed by atoms with Crippen LogP contribution in [0.15, 0.2) is 30.3 Å². The molecule has 134 valence electrons. The van der Waals surface area contributed by atoms with Crippen molar-refractivity contribution in [1.29, 1.82) is 0 Å². The smallest absolute Gasteiger partial charge is 0.417 e. The average Bonchev–Trinajstić information content (AvgIpc) is 2.98. The van der Waals surface area contributed by atoms with Crippen LogP contribution in [0.25, 0.3) is 0 Å². The van der Waals surface area contributed by atoms with Gasteiger partial charge in [-0.2, -0.15) is 0 Å². The van der Waals surface area contributed by atoms with Crippen molar-refractivity contribution < 1.29 is 28.6 Å². The number of esters is 1. The average molecular weight is 347 g/mol. The molecule has 7 heteroatoms. The van der Waals surface area contributed by atoms with Crippen LogP contribution in [0, 0.1) is 5.41 Å². The van der Waals surface area contributed by atoms with E-state index < -0.39 is 24.0 Å². The highest BCUT2D eigenvalue weighted by Crippen LogP contribution is 2.28. The second-order valence-electron chi connectivity index (χ2n) is 6.77. The third kappa shape index (κ3) is 3.99. The molecule has 0 spiro atoms. The van der Waals surface area contributed by atoms with Crippen LogP contribution in [0.2, 0.25) is 0 Å². The first kappa shape index (κ1) is 17.4. The Morgan fingerprint density at radius 3 is 2.60 bits per heavy atom. The van der Waals surface area contributed by atoms with E-state index in [-0.39, 0.29) is 31.5 Å². The maximum Gasteiger partial charge on any atom is 0.417 e. The van der Waals surface area contributed by atoms with Gasteiger partial charge >= 0.3 is 12.1 Å². The second kappa shape index (κ2) is 7.23. The molecule has 7 nitrogen and oxygen atoms in total. The number of ether oxygens (including phenoxy) is 3. The Morgan fingerprint density at radius 2 is 1.96 bits per heavy atom. The van der Waals surface area contributed by atoms with Gasteiger partial charge in [-0.25, -0.2) is 14.5 Å². The molecule has 1 atom stereocenters. The third-order valence-corrected chi connectivity index (χ3v) is 4.35. The molecule has 2 amide bonds. The predicted molar refractivity (Wildman–Crippen MR) is 86.4 cm³/mol. The van der Waals surface area contributed by atoms with E-state index in [1.807, 2.05) is 37.3 Å². The minimum absolute atomic E-state index is 0.0423. The van der Waals surface area contributed by atoms with E-state index in [2.05, 4.69) is 0 Å². The summed E-state index contributed by atoms with van der Waals surface area (Å²) >= 11 is 0. The van der Waals surface area contributed by atoms with Gasteiger partial charge in [0.2, 0.25) is 5.91 Å². The third-order valence-electron chi connectivity index (χ3n) is 4.35. The number of rotatable bonds is 5. The van der Waals surface area contributed by atoms with Crippen LogP contribution in [-0.2, 0) is 30.4 Å². The summed E-state index contributed by atoms with van der Waals surface area (Å²) in [6, 6.07) is 8.22. The van der Waals surface area contributed by atoms with Crippen molar-refractivity contribution in [3.63, 3.8) is 0 Å². The highest BCUT2D eigenvalue weighted by molar-refractivity contribution is 5.99. The fraction of sp³-hybridized carbons (Fsp3) is 0.500. The number of imide groups is 1. The molecule has 0 saturated carbocycles. The number of carbonyl (C=O) groups excluding carboxylic acids is 3. The summed E-state index contributed by atoms with van der Waals surface area (Å²) in [4.78, 5) is 37.5. The van der Waals surface area contributed by atoms with Crippen molar-refractivity contribution in [3.05, 3.63) is 35.9 Å². The zero-order chi connectivity index (χ0) is 17.9. The van der Waals surface area contributed by atoms with E-state index in [9.17, 15) is 14.4 Å². The molecule has 3 rings (SSSR count). The quantitative estimate of drug-likeness (QED) is 0.757. The maximum absolute atomic E-state index is 12.3.